The Kier molecular flexibility index (Phi) is 7.03. The molecule has 3 N–H and O–H groups in total. The number of aliphatic hydroxyl groups is 2. The number of aromatic nitrogens is 4. The normalized spacial score (nSPS) is 24.7. The van der Waals surface area contributed by atoms with E-state index in [-0.39, 0.29) is 5.82 Å². The summed E-state index contributed by atoms with van der Waals surface area (Å²) in [5.41, 5.74) is 3.79. The molecule has 0 saturated carbocycles. The molecule has 1 unspecified atom stereocenters. The summed E-state index contributed by atoms with van der Waals surface area (Å²) >= 11 is 0. The van der Waals surface area contributed by atoms with E-state index in [2.05, 4.69) is 39.2 Å². The second kappa shape index (κ2) is 10.6. The van der Waals surface area contributed by atoms with Crippen molar-refractivity contribution in [1.82, 2.24) is 24.6 Å². The summed E-state index contributed by atoms with van der Waals surface area (Å²) in [7, 11) is 0. The maximum Gasteiger partial charge on any atom is 0.181 e. The number of nitrogens with one attached hydrogen (secondary N) is 1. The number of hydrogen-bond donors (Lipinski definition) is 3. The lowest BCUT2D eigenvalue weighted by molar-refractivity contribution is -0.0370. The molecule has 0 bridgehead atoms. The van der Waals surface area contributed by atoms with E-state index < -0.39 is 24.5 Å². The Labute approximate surface area is 226 Å². The van der Waals surface area contributed by atoms with Gasteiger partial charge in [-0.15, -0.1) is 0 Å². The monoisotopic (exact) mass is 532 g/mol. The van der Waals surface area contributed by atoms with E-state index in [1.54, 1.807) is 19.1 Å². The number of nitrogens with zero attached hydrogens (tertiary/aromatic N) is 5. The lowest BCUT2D eigenvalue weighted by atomic mass is 10.0. The Bertz CT molecular complexity index is 1440. The number of hydrogen-bond acceptors (Lipinski definition) is 8. The zero-order valence-corrected chi connectivity index (χ0v) is 22.0. The largest absolute Gasteiger partial charge is 0.388 e. The molecule has 204 valence electrons. The molecule has 2 aliphatic heterocycles. The molecule has 0 radical (unpaired) electrons. The van der Waals surface area contributed by atoms with Gasteiger partial charge in [0.15, 0.2) is 11.9 Å². The molecule has 5 atom stereocenters. The third kappa shape index (κ3) is 4.89. The molecule has 4 aromatic rings. The molecule has 0 amide bonds. The van der Waals surface area contributed by atoms with Crippen molar-refractivity contribution in [3.8, 4) is 11.3 Å². The zero-order valence-electron chi connectivity index (χ0n) is 22.0. The van der Waals surface area contributed by atoms with Crippen LogP contribution in [0.4, 0.5) is 15.9 Å². The van der Waals surface area contributed by atoms with Crippen LogP contribution in [0.25, 0.3) is 22.3 Å². The average Bonchev–Trinajstić information content (AvgIpc) is 3.48. The van der Waals surface area contributed by atoms with Crippen molar-refractivity contribution < 1.29 is 19.3 Å². The third-order valence-corrected chi connectivity index (χ3v) is 7.92. The molecule has 39 heavy (non-hydrogen) atoms. The minimum atomic E-state index is -1.17. The Morgan fingerprint density at radius 3 is 2.36 bits per heavy atom. The number of anilines is 2. The van der Waals surface area contributed by atoms with Gasteiger partial charge in [0.05, 0.1) is 11.5 Å². The van der Waals surface area contributed by atoms with Crippen LogP contribution in [-0.2, 0) is 4.74 Å². The van der Waals surface area contributed by atoms with Crippen LogP contribution in [-0.4, -0.2) is 66.3 Å². The van der Waals surface area contributed by atoms with Gasteiger partial charge in [-0.25, -0.2) is 19.0 Å². The molecule has 2 aromatic carbocycles. The first-order chi connectivity index (χ1) is 18.9. The van der Waals surface area contributed by atoms with Crippen molar-refractivity contribution in [2.45, 2.75) is 63.7 Å². The number of halogens is 1. The standard InChI is InChI=1S/C29H33FN6O3/c1-17(35-14-4-3-5-15-35)19-6-8-20(9-7-19)24-23-27(33-22-12-10-21(30)11-13-22)31-16-32-28(23)36(34-24)29-26(38)25(37)18(2)39-29/h6-13,16-18,25-26,29,37-38H,3-5,14-15H2,1-2H3,(H,31,32,33)/t17?,18-,25-,26-,29-/m1/s1. The Balaban J connectivity index is 1.42. The molecule has 2 fully saturated rings. The van der Waals surface area contributed by atoms with E-state index >= 15 is 0 Å². The van der Waals surface area contributed by atoms with Gasteiger partial charge in [-0.3, -0.25) is 4.90 Å². The first kappa shape index (κ1) is 25.8. The number of rotatable bonds is 6. The molecule has 2 aromatic heterocycles. The maximum atomic E-state index is 13.5. The van der Waals surface area contributed by atoms with E-state index in [1.807, 2.05) is 12.1 Å². The number of likely N-dealkylation sites (tertiary alicyclic amines) is 1. The predicted octanol–water partition coefficient (Wildman–Crippen LogP) is 4.56. The highest BCUT2D eigenvalue weighted by Crippen LogP contribution is 2.38. The van der Waals surface area contributed by atoms with E-state index in [4.69, 9.17) is 9.84 Å². The molecular weight excluding hydrogens is 499 g/mol. The molecule has 6 rings (SSSR count). The number of piperidine rings is 1. The molecule has 0 spiro atoms. The van der Waals surface area contributed by atoms with E-state index in [0.29, 0.717) is 34.3 Å². The van der Waals surface area contributed by atoms with Gasteiger partial charge in [-0.2, -0.15) is 5.10 Å². The molecule has 2 aliphatic rings. The number of aliphatic hydroxyl groups excluding tert-OH is 2. The highest BCUT2D eigenvalue weighted by atomic mass is 19.1. The van der Waals surface area contributed by atoms with Crippen LogP contribution < -0.4 is 5.32 Å². The summed E-state index contributed by atoms with van der Waals surface area (Å²) < 4.78 is 20.9. The van der Waals surface area contributed by atoms with Crippen LogP contribution in [0, 0.1) is 5.82 Å². The number of ether oxygens (including phenoxy) is 1. The first-order valence-electron chi connectivity index (χ1n) is 13.5. The third-order valence-electron chi connectivity index (χ3n) is 7.92. The van der Waals surface area contributed by atoms with Gasteiger partial charge >= 0.3 is 0 Å². The van der Waals surface area contributed by atoms with Crippen molar-refractivity contribution in [3.63, 3.8) is 0 Å². The van der Waals surface area contributed by atoms with Crippen LogP contribution in [0.5, 0.6) is 0 Å². The van der Waals surface area contributed by atoms with Crippen molar-refractivity contribution in [1.29, 1.82) is 0 Å². The predicted molar refractivity (Wildman–Crippen MR) is 146 cm³/mol. The topological polar surface area (TPSA) is 109 Å². The molecule has 0 aliphatic carbocycles. The van der Waals surface area contributed by atoms with E-state index in [0.717, 1.165) is 18.7 Å². The van der Waals surface area contributed by atoms with Gasteiger partial charge < -0.3 is 20.3 Å². The maximum absolute atomic E-state index is 13.5. The highest BCUT2D eigenvalue weighted by molar-refractivity contribution is 6.00. The minimum absolute atomic E-state index is 0.317. The van der Waals surface area contributed by atoms with Crippen LogP contribution >= 0.6 is 0 Å². The van der Waals surface area contributed by atoms with Crippen LogP contribution in [0.15, 0.2) is 54.9 Å². The van der Waals surface area contributed by atoms with Gasteiger partial charge in [0.2, 0.25) is 0 Å². The summed E-state index contributed by atoms with van der Waals surface area (Å²) in [6, 6.07) is 14.7. The van der Waals surface area contributed by atoms with Crippen molar-refractivity contribution in [2.75, 3.05) is 18.4 Å². The fourth-order valence-electron chi connectivity index (χ4n) is 5.58. The van der Waals surface area contributed by atoms with Crippen molar-refractivity contribution >= 4 is 22.5 Å². The Morgan fingerprint density at radius 2 is 1.69 bits per heavy atom. The Hall–Kier alpha value is -3.44. The fraction of sp³-hybridized carbons (Fsp3) is 0.414. The summed E-state index contributed by atoms with van der Waals surface area (Å²) in [6.07, 6.45) is 1.46. The van der Waals surface area contributed by atoms with Gasteiger partial charge in [-0.1, -0.05) is 30.7 Å². The zero-order chi connectivity index (χ0) is 27.1. The quantitative estimate of drug-likeness (QED) is 0.332. The van der Waals surface area contributed by atoms with Crippen molar-refractivity contribution in [2.24, 2.45) is 0 Å². The summed E-state index contributed by atoms with van der Waals surface area (Å²) in [6.45, 7) is 6.18. The molecule has 2 saturated heterocycles. The Morgan fingerprint density at radius 1 is 0.974 bits per heavy atom. The van der Waals surface area contributed by atoms with Gasteiger partial charge in [0.25, 0.3) is 0 Å². The fourth-order valence-corrected chi connectivity index (χ4v) is 5.58. The first-order valence-corrected chi connectivity index (χ1v) is 13.5. The van der Waals surface area contributed by atoms with Crippen LogP contribution in [0.3, 0.4) is 0 Å². The van der Waals surface area contributed by atoms with Crippen LogP contribution in [0.2, 0.25) is 0 Å². The SMILES string of the molecule is CC(c1ccc(-c2nn([C@@H]3O[C@H](C)[C@@H](O)[C@H]3O)c3ncnc(Nc4ccc(F)cc4)c23)cc1)N1CCCCC1. The second-order valence-corrected chi connectivity index (χ2v) is 10.5. The summed E-state index contributed by atoms with van der Waals surface area (Å²) in [5.74, 6) is 0.153. The second-order valence-electron chi connectivity index (χ2n) is 10.5. The van der Waals surface area contributed by atoms with E-state index in [9.17, 15) is 14.6 Å². The van der Waals surface area contributed by atoms with E-state index in [1.165, 1.54) is 48.0 Å². The number of benzene rings is 2. The summed E-state index contributed by atoms with van der Waals surface area (Å²) in [4.78, 5) is 11.5. The minimum Gasteiger partial charge on any atom is -0.388 e. The lowest BCUT2D eigenvalue weighted by Gasteiger charge is -2.32. The molecule has 10 heteroatoms. The molecular formula is C29H33FN6O3. The van der Waals surface area contributed by atoms with Gasteiger partial charge in [0.1, 0.15) is 35.9 Å². The molecule has 4 heterocycles. The number of fused-ring (bicyclic) bond motifs is 1. The van der Waals surface area contributed by atoms with Gasteiger partial charge in [-0.05, 0) is 69.6 Å². The smallest absolute Gasteiger partial charge is 0.181 e. The highest BCUT2D eigenvalue weighted by Gasteiger charge is 2.43. The summed E-state index contributed by atoms with van der Waals surface area (Å²) in [5, 5.41) is 29.8. The van der Waals surface area contributed by atoms with Crippen LogP contribution in [0.1, 0.15) is 50.9 Å². The lowest BCUT2D eigenvalue weighted by Crippen LogP contribution is -2.32. The van der Waals surface area contributed by atoms with Crippen molar-refractivity contribution in [3.05, 3.63) is 66.2 Å². The molecule has 9 nitrogen and oxygen atoms in total. The van der Waals surface area contributed by atoms with Gasteiger partial charge in [0, 0.05) is 17.3 Å². The average molecular weight is 533 g/mol.